The molecule has 3 N–H and O–H groups in total. The molecule has 5 nitrogen and oxygen atoms in total. The minimum absolute atomic E-state index is 0.0586. The standard InChI is InChI=1S/C14H20N2O3/c15-6-2-1-3-14(17)16-10-11-4-5-12-13(9-11)19-8-7-18-12/h4-5,9H,1-3,6-8,10,15H2,(H,16,17). The number of nitrogens with one attached hydrogen (secondary N) is 1. The van der Waals surface area contributed by atoms with E-state index >= 15 is 0 Å². The maximum atomic E-state index is 11.6. The van der Waals surface area contributed by atoms with Gasteiger partial charge in [0.2, 0.25) is 5.91 Å². The number of nitrogens with two attached hydrogens (primary N) is 1. The van der Waals surface area contributed by atoms with Crippen LogP contribution < -0.4 is 20.5 Å². The molecule has 0 fully saturated rings. The van der Waals surface area contributed by atoms with Crippen LogP contribution in [0.3, 0.4) is 0 Å². The van der Waals surface area contributed by atoms with Crippen molar-refractivity contribution in [3.63, 3.8) is 0 Å². The van der Waals surface area contributed by atoms with E-state index < -0.39 is 0 Å². The molecular weight excluding hydrogens is 244 g/mol. The Morgan fingerprint density at radius 2 is 2.00 bits per heavy atom. The zero-order valence-electron chi connectivity index (χ0n) is 11.0. The lowest BCUT2D eigenvalue weighted by atomic mass is 10.2. The quantitative estimate of drug-likeness (QED) is 0.757. The van der Waals surface area contributed by atoms with Gasteiger partial charge in [-0.1, -0.05) is 6.07 Å². The molecule has 1 amide bonds. The third-order valence-corrected chi connectivity index (χ3v) is 2.95. The molecule has 0 atom stereocenters. The summed E-state index contributed by atoms with van der Waals surface area (Å²) in [6.07, 6.45) is 2.25. The van der Waals surface area contributed by atoms with Crippen LogP contribution in [0, 0.1) is 0 Å². The van der Waals surface area contributed by atoms with E-state index in [-0.39, 0.29) is 5.91 Å². The molecule has 0 aliphatic carbocycles. The zero-order chi connectivity index (χ0) is 13.5. The highest BCUT2D eigenvalue weighted by Crippen LogP contribution is 2.30. The Hall–Kier alpha value is -1.75. The van der Waals surface area contributed by atoms with Crippen molar-refractivity contribution in [3.05, 3.63) is 23.8 Å². The number of unbranched alkanes of at least 4 members (excludes halogenated alkanes) is 1. The van der Waals surface area contributed by atoms with Gasteiger partial charge in [-0.15, -0.1) is 0 Å². The minimum Gasteiger partial charge on any atom is -0.486 e. The molecule has 0 saturated heterocycles. The summed E-state index contributed by atoms with van der Waals surface area (Å²) in [5.74, 6) is 1.58. The van der Waals surface area contributed by atoms with Gasteiger partial charge in [0.1, 0.15) is 13.2 Å². The summed E-state index contributed by atoms with van der Waals surface area (Å²) in [6.45, 7) is 2.31. The predicted octanol–water partition coefficient (Wildman–Crippen LogP) is 1.20. The summed E-state index contributed by atoms with van der Waals surface area (Å²) in [7, 11) is 0. The number of carbonyl (C=O) groups excluding carboxylic acids is 1. The first-order valence-corrected chi connectivity index (χ1v) is 6.65. The van der Waals surface area contributed by atoms with Crippen LogP contribution in [0.1, 0.15) is 24.8 Å². The number of fused-ring (bicyclic) bond motifs is 1. The first-order valence-electron chi connectivity index (χ1n) is 6.65. The van der Waals surface area contributed by atoms with E-state index in [1.165, 1.54) is 0 Å². The number of hydrogen-bond donors (Lipinski definition) is 2. The molecule has 19 heavy (non-hydrogen) atoms. The molecule has 0 radical (unpaired) electrons. The Morgan fingerprint density at radius 1 is 1.21 bits per heavy atom. The third-order valence-electron chi connectivity index (χ3n) is 2.95. The van der Waals surface area contributed by atoms with E-state index in [2.05, 4.69) is 5.32 Å². The molecule has 1 aromatic carbocycles. The van der Waals surface area contributed by atoms with E-state index in [1.807, 2.05) is 18.2 Å². The molecular formula is C14H20N2O3. The SMILES string of the molecule is NCCCCC(=O)NCc1ccc2c(c1)OCCO2. The van der Waals surface area contributed by atoms with Crippen molar-refractivity contribution in [1.29, 1.82) is 0 Å². The van der Waals surface area contributed by atoms with Gasteiger partial charge < -0.3 is 20.5 Å². The predicted molar refractivity (Wildman–Crippen MR) is 72.2 cm³/mol. The summed E-state index contributed by atoms with van der Waals surface area (Å²) in [5, 5.41) is 2.89. The van der Waals surface area contributed by atoms with Crippen LogP contribution in [0.25, 0.3) is 0 Å². The van der Waals surface area contributed by atoms with Crippen molar-refractivity contribution >= 4 is 5.91 Å². The Morgan fingerprint density at radius 3 is 2.79 bits per heavy atom. The second-order valence-electron chi connectivity index (χ2n) is 4.50. The fourth-order valence-corrected chi connectivity index (χ4v) is 1.92. The molecule has 104 valence electrons. The molecule has 1 heterocycles. The van der Waals surface area contributed by atoms with Gasteiger partial charge in [0.05, 0.1) is 0 Å². The van der Waals surface area contributed by atoms with E-state index in [0.717, 1.165) is 29.9 Å². The maximum Gasteiger partial charge on any atom is 0.220 e. The summed E-state index contributed by atoms with van der Waals surface area (Å²) in [4.78, 5) is 11.6. The topological polar surface area (TPSA) is 73.6 Å². The molecule has 0 bridgehead atoms. The van der Waals surface area contributed by atoms with Crippen LogP contribution in [0.4, 0.5) is 0 Å². The summed E-state index contributed by atoms with van der Waals surface area (Å²) >= 11 is 0. The minimum atomic E-state index is 0.0586. The Bertz CT molecular complexity index is 435. The lowest BCUT2D eigenvalue weighted by Crippen LogP contribution is -2.23. The van der Waals surface area contributed by atoms with Gasteiger partial charge in [0, 0.05) is 13.0 Å². The van der Waals surface area contributed by atoms with Gasteiger partial charge >= 0.3 is 0 Å². The van der Waals surface area contributed by atoms with Gasteiger partial charge in [-0.25, -0.2) is 0 Å². The smallest absolute Gasteiger partial charge is 0.220 e. The van der Waals surface area contributed by atoms with Crippen molar-refractivity contribution < 1.29 is 14.3 Å². The molecule has 0 aromatic heterocycles. The fourth-order valence-electron chi connectivity index (χ4n) is 1.92. The summed E-state index contributed by atoms with van der Waals surface area (Å²) in [6, 6.07) is 5.73. The van der Waals surface area contributed by atoms with Crippen LogP contribution in [-0.4, -0.2) is 25.7 Å². The fraction of sp³-hybridized carbons (Fsp3) is 0.500. The molecule has 0 unspecified atom stereocenters. The normalized spacial score (nSPS) is 13.1. The molecule has 1 aromatic rings. The van der Waals surface area contributed by atoms with E-state index in [1.54, 1.807) is 0 Å². The van der Waals surface area contributed by atoms with Crippen LogP contribution in [-0.2, 0) is 11.3 Å². The summed E-state index contributed by atoms with van der Waals surface area (Å²) in [5.41, 5.74) is 6.40. The van der Waals surface area contributed by atoms with Gasteiger partial charge in [-0.2, -0.15) is 0 Å². The summed E-state index contributed by atoms with van der Waals surface area (Å²) < 4.78 is 10.9. The van der Waals surface area contributed by atoms with Crippen molar-refractivity contribution in [2.24, 2.45) is 5.73 Å². The number of rotatable bonds is 6. The average molecular weight is 264 g/mol. The number of hydrogen-bond acceptors (Lipinski definition) is 4. The Kier molecular flexibility index (Phi) is 5.03. The maximum absolute atomic E-state index is 11.6. The van der Waals surface area contributed by atoms with Gasteiger partial charge in [0.25, 0.3) is 0 Å². The molecule has 1 aliphatic heterocycles. The molecule has 1 aliphatic rings. The molecule has 0 saturated carbocycles. The highest BCUT2D eigenvalue weighted by atomic mass is 16.6. The van der Waals surface area contributed by atoms with Crippen molar-refractivity contribution in [3.8, 4) is 11.5 Å². The van der Waals surface area contributed by atoms with E-state index in [0.29, 0.717) is 32.7 Å². The zero-order valence-corrected chi connectivity index (χ0v) is 11.0. The van der Waals surface area contributed by atoms with Crippen LogP contribution in [0.2, 0.25) is 0 Å². The highest BCUT2D eigenvalue weighted by Gasteiger charge is 2.11. The molecule has 5 heteroatoms. The van der Waals surface area contributed by atoms with Crippen molar-refractivity contribution in [2.75, 3.05) is 19.8 Å². The number of amides is 1. The van der Waals surface area contributed by atoms with Crippen LogP contribution in [0.15, 0.2) is 18.2 Å². The lowest BCUT2D eigenvalue weighted by molar-refractivity contribution is -0.121. The highest BCUT2D eigenvalue weighted by molar-refractivity contribution is 5.75. The molecule has 0 spiro atoms. The molecule has 2 rings (SSSR count). The first kappa shape index (κ1) is 13.7. The van der Waals surface area contributed by atoms with E-state index in [4.69, 9.17) is 15.2 Å². The third kappa shape index (κ3) is 4.13. The second-order valence-corrected chi connectivity index (χ2v) is 4.50. The number of carbonyl (C=O) groups is 1. The van der Waals surface area contributed by atoms with Gasteiger partial charge in [0.15, 0.2) is 11.5 Å². The monoisotopic (exact) mass is 264 g/mol. The average Bonchev–Trinajstić information content (AvgIpc) is 2.45. The van der Waals surface area contributed by atoms with Gasteiger partial charge in [-0.3, -0.25) is 4.79 Å². The second kappa shape index (κ2) is 6.99. The van der Waals surface area contributed by atoms with Crippen LogP contribution in [0.5, 0.6) is 11.5 Å². The van der Waals surface area contributed by atoms with Crippen molar-refractivity contribution in [2.45, 2.75) is 25.8 Å². The largest absolute Gasteiger partial charge is 0.486 e. The first-order chi connectivity index (χ1) is 9.29. The number of ether oxygens (including phenoxy) is 2. The van der Waals surface area contributed by atoms with Crippen LogP contribution >= 0.6 is 0 Å². The van der Waals surface area contributed by atoms with Gasteiger partial charge in [-0.05, 0) is 37.1 Å². The number of benzene rings is 1. The van der Waals surface area contributed by atoms with Crippen molar-refractivity contribution in [1.82, 2.24) is 5.32 Å². The van der Waals surface area contributed by atoms with E-state index in [9.17, 15) is 4.79 Å². The Balaban J connectivity index is 1.81. The Labute approximate surface area is 113 Å². The lowest BCUT2D eigenvalue weighted by Gasteiger charge is -2.19.